The fourth-order valence-electron chi connectivity index (χ4n) is 3.34. The second kappa shape index (κ2) is 7.07. The number of nitrogens with one attached hydrogen (secondary N) is 1. The summed E-state index contributed by atoms with van der Waals surface area (Å²) in [6.45, 7) is 5.69. The van der Waals surface area contributed by atoms with E-state index < -0.39 is 0 Å². The molecule has 128 valence electrons. The van der Waals surface area contributed by atoms with Crippen LogP contribution in [0.2, 0.25) is 0 Å². The van der Waals surface area contributed by atoms with Crippen LogP contribution in [-0.2, 0) is 0 Å². The van der Waals surface area contributed by atoms with Crippen molar-refractivity contribution >= 4 is 21.8 Å². The second-order valence-electron chi connectivity index (χ2n) is 6.30. The standard InChI is InChI=1S/C18H23BrN4O/c1-12-17(19)13(2)23(21-12)15-8-6-14(7-9-15)18(24)22-10-4-5-16(22)11-20-3/h6-9,16,20H,4-5,10-11H2,1-3H3. The molecule has 0 radical (unpaired) electrons. The lowest BCUT2D eigenvalue weighted by molar-refractivity contribution is 0.0737. The molecule has 3 rings (SSSR count). The van der Waals surface area contributed by atoms with Gasteiger partial charge in [0, 0.05) is 24.7 Å². The van der Waals surface area contributed by atoms with Crippen molar-refractivity contribution in [3.63, 3.8) is 0 Å². The quantitative estimate of drug-likeness (QED) is 0.872. The molecule has 6 heteroatoms. The van der Waals surface area contributed by atoms with Crippen LogP contribution in [0.15, 0.2) is 28.7 Å². The van der Waals surface area contributed by atoms with Crippen LogP contribution in [0.1, 0.15) is 34.6 Å². The monoisotopic (exact) mass is 390 g/mol. The number of aryl methyl sites for hydroxylation is 1. The molecule has 1 fully saturated rings. The number of halogens is 1. The Bertz CT molecular complexity index is 738. The number of benzene rings is 1. The number of likely N-dealkylation sites (N-methyl/N-ethyl adjacent to an activating group) is 1. The number of aromatic nitrogens is 2. The Morgan fingerprint density at radius 1 is 1.33 bits per heavy atom. The minimum absolute atomic E-state index is 0.119. The lowest BCUT2D eigenvalue weighted by Gasteiger charge is -2.24. The molecule has 5 nitrogen and oxygen atoms in total. The van der Waals surface area contributed by atoms with Crippen molar-refractivity contribution in [2.24, 2.45) is 0 Å². The highest BCUT2D eigenvalue weighted by Gasteiger charge is 2.28. The molecular formula is C18H23BrN4O. The van der Waals surface area contributed by atoms with Gasteiger partial charge in [-0.25, -0.2) is 4.68 Å². The highest BCUT2D eigenvalue weighted by Crippen LogP contribution is 2.24. The van der Waals surface area contributed by atoms with Gasteiger partial charge in [-0.1, -0.05) is 0 Å². The zero-order valence-corrected chi connectivity index (χ0v) is 15.9. The molecule has 0 bridgehead atoms. The van der Waals surface area contributed by atoms with Crippen molar-refractivity contribution in [2.75, 3.05) is 20.1 Å². The van der Waals surface area contributed by atoms with Crippen LogP contribution in [0.3, 0.4) is 0 Å². The van der Waals surface area contributed by atoms with Gasteiger partial charge in [0.25, 0.3) is 5.91 Å². The van der Waals surface area contributed by atoms with Crippen LogP contribution >= 0.6 is 15.9 Å². The van der Waals surface area contributed by atoms with Gasteiger partial charge in [-0.05, 0) is 73.9 Å². The van der Waals surface area contributed by atoms with E-state index in [0.717, 1.165) is 53.0 Å². The van der Waals surface area contributed by atoms with E-state index in [2.05, 4.69) is 26.3 Å². The van der Waals surface area contributed by atoms with Crippen molar-refractivity contribution in [3.05, 3.63) is 45.7 Å². The van der Waals surface area contributed by atoms with Crippen LogP contribution in [0.4, 0.5) is 0 Å². The van der Waals surface area contributed by atoms with Crippen LogP contribution < -0.4 is 5.32 Å². The average molecular weight is 391 g/mol. The van der Waals surface area contributed by atoms with Crippen molar-refractivity contribution < 1.29 is 4.79 Å². The minimum atomic E-state index is 0.119. The summed E-state index contributed by atoms with van der Waals surface area (Å²) in [5.74, 6) is 0.119. The number of nitrogens with zero attached hydrogens (tertiary/aromatic N) is 3. The summed E-state index contributed by atoms with van der Waals surface area (Å²) in [6.07, 6.45) is 2.15. The minimum Gasteiger partial charge on any atom is -0.334 e. The molecule has 1 saturated heterocycles. The smallest absolute Gasteiger partial charge is 0.254 e. The van der Waals surface area contributed by atoms with Gasteiger partial charge >= 0.3 is 0 Å². The number of amides is 1. The van der Waals surface area contributed by atoms with Crippen molar-refractivity contribution in [2.45, 2.75) is 32.7 Å². The highest BCUT2D eigenvalue weighted by molar-refractivity contribution is 9.10. The first-order valence-electron chi connectivity index (χ1n) is 8.30. The number of hydrogen-bond acceptors (Lipinski definition) is 3. The van der Waals surface area contributed by atoms with E-state index in [1.807, 2.05) is 54.7 Å². The Morgan fingerprint density at radius 3 is 2.62 bits per heavy atom. The molecule has 1 aromatic carbocycles. The maximum absolute atomic E-state index is 12.8. The Morgan fingerprint density at radius 2 is 2.04 bits per heavy atom. The van der Waals surface area contributed by atoms with Gasteiger partial charge in [-0.2, -0.15) is 5.10 Å². The van der Waals surface area contributed by atoms with Crippen molar-refractivity contribution in [1.29, 1.82) is 0 Å². The molecular weight excluding hydrogens is 368 g/mol. The summed E-state index contributed by atoms with van der Waals surface area (Å²) in [5.41, 5.74) is 3.72. The van der Waals surface area contributed by atoms with E-state index in [1.165, 1.54) is 0 Å². The normalized spacial score (nSPS) is 17.5. The number of likely N-dealkylation sites (tertiary alicyclic amines) is 1. The van der Waals surface area contributed by atoms with Crippen molar-refractivity contribution in [3.8, 4) is 5.69 Å². The third-order valence-electron chi connectivity index (χ3n) is 4.64. The first-order chi connectivity index (χ1) is 11.5. The summed E-state index contributed by atoms with van der Waals surface area (Å²) < 4.78 is 2.92. The predicted octanol–water partition coefficient (Wildman–Crippen LogP) is 3.08. The molecule has 1 aromatic heterocycles. The van der Waals surface area contributed by atoms with Gasteiger partial charge in [0.1, 0.15) is 0 Å². The van der Waals surface area contributed by atoms with Crippen LogP contribution in [0.5, 0.6) is 0 Å². The Kier molecular flexibility index (Phi) is 5.06. The van der Waals surface area contributed by atoms with Gasteiger partial charge in [0.05, 0.1) is 21.5 Å². The third kappa shape index (κ3) is 3.13. The number of hydrogen-bond donors (Lipinski definition) is 1. The number of carbonyl (C=O) groups is 1. The van der Waals surface area contributed by atoms with Gasteiger partial charge in [0.15, 0.2) is 0 Å². The average Bonchev–Trinajstić information content (AvgIpc) is 3.15. The van der Waals surface area contributed by atoms with E-state index in [0.29, 0.717) is 6.04 Å². The molecule has 1 N–H and O–H groups in total. The summed E-state index contributed by atoms with van der Waals surface area (Å²) in [4.78, 5) is 14.8. The van der Waals surface area contributed by atoms with Crippen molar-refractivity contribution in [1.82, 2.24) is 20.0 Å². The molecule has 2 heterocycles. The van der Waals surface area contributed by atoms with E-state index in [4.69, 9.17) is 0 Å². The fourth-order valence-corrected chi connectivity index (χ4v) is 3.58. The molecule has 1 unspecified atom stereocenters. The van der Waals surface area contributed by atoms with Gasteiger partial charge in [-0.15, -0.1) is 0 Å². The SMILES string of the molecule is CNCC1CCCN1C(=O)c1ccc(-n2nc(C)c(Br)c2C)cc1. The lowest BCUT2D eigenvalue weighted by atomic mass is 10.1. The summed E-state index contributed by atoms with van der Waals surface area (Å²) in [5, 5.41) is 7.72. The van der Waals surface area contributed by atoms with E-state index >= 15 is 0 Å². The molecule has 0 spiro atoms. The molecule has 24 heavy (non-hydrogen) atoms. The van der Waals surface area contributed by atoms with Crippen LogP contribution in [-0.4, -0.2) is 46.8 Å². The lowest BCUT2D eigenvalue weighted by Crippen LogP contribution is -2.40. The van der Waals surface area contributed by atoms with Crippen LogP contribution in [0.25, 0.3) is 5.69 Å². The van der Waals surface area contributed by atoms with Gasteiger partial charge < -0.3 is 10.2 Å². The predicted molar refractivity (Wildman–Crippen MR) is 98.7 cm³/mol. The van der Waals surface area contributed by atoms with Gasteiger partial charge in [-0.3, -0.25) is 4.79 Å². The molecule has 1 aliphatic rings. The Hall–Kier alpha value is -1.66. The largest absolute Gasteiger partial charge is 0.334 e. The van der Waals surface area contributed by atoms with E-state index in [-0.39, 0.29) is 5.91 Å². The van der Waals surface area contributed by atoms with Gasteiger partial charge in [0.2, 0.25) is 0 Å². The molecule has 0 aliphatic carbocycles. The summed E-state index contributed by atoms with van der Waals surface area (Å²) in [6, 6.07) is 8.02. The molecule has 1 amide bonds. The number of carbonyl (C=O) groups excluding carboxylic acids is 1. The van der Waals surface area contributed by atoms with E-state index in [1.54, 1.807) is 0 Å². The molecule has 2 aromatic rings. The third-order valence-corrected chi connectivity index (χ3v) is 5.79. The zero-order valence-electron chi connectivity index (χ0n) is 14.3. The highest BCUT2D eigenvalue weighted by atomic mass is 79.9. The van der Waals surface area contributed by atoms with Crippen LogP contribution in [0, 0.1) is 13.8 Å². The fraction of sp³-hybridized carbons (Fsp3) is 0.444. The molecule has 1 aliphatic heterocycles. The molecule has 0 saturated carbocycles. The molecule has 1 atom stereocenters. The number of rotatable bonds is 4. The first-order valence-corrected chi connectivity index (χ1v) is 9.10. The Balaban J connectivity index is 1.81. The van der Waals surface area contributed by atoms with E-state index in [9.17, 15) is 4.79 Å². The summed E-state index contributed by atoms with van der Waals surface area (Å²) >= 11 is 3.55. The first kappa shape index (κ1) is 17.2. The Labute approximate surface area is 151 Å². The maximum Gasteiger partial charge on any atom is 0.254 e. The topological polar surface area (TPSA) is 50.2 Å². The summed E-state index contributed by atoms with van der Waals surface area (Å²) in [7, 11) is 1.93. The zero-order chi connectivity index (χ0) is 17.3. The second-order valence-corrected chi connectivity index (χ2v) is 7.09. The maximum atomic E-state index is 12.8.